The molecule has 0 spiro atoms. The fraction of sp³-hybridized carbons (Fsp3) is 0.533. The maximum absolute atomic E-state index is 12.3. The fourth-order valence-corrected chi connectivity index (χ4v) is 3.25. The van der Waals surface area contributed by atoms with Gasteiger partial charge in [0.1, 0.15) is 0 Å². The molecule has 0 heterocycles. The smallest absolute Gasteiger partial charge is 0.307 e. The number of nitrogens with one attached hydrogen (secondary N) is 1. The van der Waals surface area contributed by atoms with Gasteiger partial charge in [0.15, 0.2) is 0 Å². The van der Waals surface area contributed by atoms with Gasteiger partial charge in [-0.05, 0) is 32.4 Å². The predicted molar refractivity (Wildman–Crippen MR) is 81.4 cm³/mol. The van der Waals surface area contributed by atoms with Crippen LogP contribution in [0.2, 0.25) is 0 Å². The quantitative estimate of drug-likeness (QED) is 0.748. The number of aryl methyl sites for hydroxylation is 1. The first-order valence-electron chi connectivity index (χ1n) is 7.13. The number of rotatable bonds is 8. The molecular formula is C15H23NO4S. The lowest BCUT2D eigenvalue weighted by Crippen LogP contribution is -2.36. The third kappa shape index (κ3) is 5.85. The van der Waals surface area contributed by atoms with Crippen molar-refractivity contribution in [1.82, 2.24) is 4.72 Å². The Morgan fingerprint density at radius 1 is 1.24 bits per heavy atom. The van der Waals surface area contributed by atoms with Gasteiger partial charge in [-0.25, -0.2) is 13.1 Å². The third-order valence-corrected chi connectivity index (χ3v) is 4.55. The SMILES string of the molecule is CCC[C@H](CC(=O)OCC)NS(=O)(=O)c1ccc(C)cc1. The van der Waals surface area contributed by atoms with E-state index >= 15 is 0 Å². The van der Waals surface area contributed by atoms with Crippen LogP contribution in [-0.2, 0) is 19.6 Å². The van der Waals surface area contributed by atoms with Gasteiger partial charge in [0.2, 0.25) is 10.0 Å². The number of esters is 1. The van der Waals surface area contributed by atoms with E-state index in [1.165, 1.54) is 0 Å². The van der Waals surface area contributed by atoms with E-state index in [0.29, 0.717) is 13.0 Å². The molecule has 1 rings (SSSR count). The highest BCUT2D eigenvalue weighted by Crippen LogP contribution is 2.13. The van der Waals surface area contributed by atoms with Gasteiger partial charge < -0.3 is 4.74 Å². The summed E-state index contributed by atoms with van der Waals surface area (Å²) in [6, 6.07) is 6.17. The molecule has 0 aliphatic heterocycles. The number of carbonyl (C=O) groups is 1. The van der Waals surface area contributed by atoms with E-state index in [2.05, 4.69) is 4.72 Å². The van der Waals surface area contributed by atoms with Crippen LogP contribution in [-0.4, -0.2) is 27.0 Å². The van der Waals surface area contributed by atoms with E-state index in [9.17, 15) is 13.2 Å². The van der Waals surface area contributed by atoms with Crippen molar-refractivity contribution in [3.8, 4) is 0 Å². The molecule has 0 fully saturated rings. The normalized spacial score (nSPS) is 12.9. The van der Waals surface area contributed by atoms with Gasteiger partial charge in [-0.1, -0.05) is 31.0 Å². The summed E-state index contributed by atoms with van der Waals surface area (Å²) in [5.41, 5.74) is 0.991. The summed E-state index contributed by atoms with van der Waals surface area (Å²) in [4.78, 5) is 11.7. The van der Waals surface area contributed by atoms with Crippen LogP contribution in [0.1, 0.15) is 38.7 Å². The second kappa shape index (κ2) is 8.14. The minimum absolute atomic E-state index is 0.0484. The highest BCUT2D eigenvalue weighted by molar-refractivity contribution is 7.89. The van der Waals surface area contributed by atoms with Gasteiger partial charge >= 0.3 is 5.97 Å². The van der Waals surface area contributed by atoms with Gasteiger partial charge in [-0.3, -0.25) is 4.79 Å². The van der Waals surface area contributed by atoms with Crippen LogP contribution in [0.4, 0.5) is 0 Å². The summed E-state index contributed by atoms with van der Waals surface area (Å²) < 4.78 is 32.1. The standard InChI is InChI=1S/C15H23NO4S/c1-4-6-13(11-15(17)20-5-2)16-21(18,19)14-9-7-12(3)8-10-14/h7-10,13,16H,4-6,11H2,1-3H3/t13-/m1/s1. The highest BCUT2D eigenvalue weighted by Gasteiger charge is 2.22. The van der Waals surface area contributed by atoms with Crippen LogP contribution in [0.15, 0.2) is 29.2 Å². The zero-order valence-electron chi connectivity index (χ0n) is 12.8. The molecule has 0 aromatic heterocycles. The topological polar surface area (TPSA) is 72.5 Å². The second-order valence-corrected chi connectivity index (χ2v) is 6.64. The van der Waals surface area contributed by atoms with E-state index in [1.807, 2.05) is 13.8 Å². The molecule has 1 atom stereocenters. The first-order valence-corrected chi connectivity index (χ1v) is 8.62. The Bertz CT molecular complexity index is 552. The molecule has 0 amide bonds. The summed E-state index contributed by atoms with van der Waals surface area (Å²) in [5.74, 6) is -0.387. The zero-order valence-corrected chi connectivity index (χ0v) is 13.6. The monoisotopic (exact) mass is 313 g/mol. The van der Waals surface area contributed by atoms with Crippen molar-refractivity contribution in [2.45, 2.75) is 51.0 Å². The van der Waals surface area contributed by atoms with Crippen molar-refractivity contribution in [2.75, 3.05) is 6.61 Å². The Balaban J connectivity index is 2.81. The molecule has 1 aromatic carbocycles. The van der Waals surface area contributed by atoms with Gasteiger partial charge in [0.25, 0.3) is 0 Å². The van der Waals surface area contributed by atoms with Crippen molar-refractivity contribution in [3.05, 3.63) is 29.8 Å². The Kier molecular flexibility index (Phi) is 6.84. The van der Waals surface area contributed by atoms with Crippen LogP contribution in [0, 0.1) is 6.92 Å². The predicted octanol–water partition coefficient (Wildman–Crippen LogP) is 2.40. The largest absolute Gasteiger partial charge is 0.466 e. The molecule has 0 saturated carbocycles. The molecule has 1 N–H and O–H groups in total. The number of carbonyl (C=O) groups excluding carboxylic acids is 1. The average Bonchev–Trinajstić information content (AvgIpc) is 2.39. The van der Waals surface area contributed by atoms with Crippen LogP contribution < -0.4 is 4.72 Å². The molecule has 0 unspecified atom stereocenters. The molecule has 0 saturated heterocycles. The maximum Gasteiger partial charge on any atom is 0.307 e. The molecule has 118 valence electrons. The number of benzene rings is 1. The first kappa shape index (κ1) is 17.7. The van der Waals surface area contributed by atoms with E-state index in [4.69, 9.17) is 4.74 Å². The van der Waals surface area contributed by atoms with Crippen LogP contribution in [0.3, 0.4) is 0 Å². The van der Waals surface area contributed by atoms with Crippen LogP contribution in [0.25, 0.3) is 0 Å². The zero-order chi connectivity index (χ0) is 15.9. The molecule has 0 bridgehead atoms. The maximum atomic E-state index is 12.3. The molecular weight excluding hydrogens is 290 g/mol. The van der Waals surface area contributed by atoms with Gasteiger partial charge in [0, 0.05) is 6.04 Å². The molecule has 21 heavy (non-hydrogen) atoms. The lowest BCUT2D eigenvalue weighted by atomic mass is 10.1. The van der Waals surface area contributed by atoms with Crippen molar-refractivity contribution >= 4 is 16.0 Å². The molecule has 0 aliphatic carbocycles. The van der Waals surface area contributed by atoms with E-state index in [1.54, 1.807) is 31.2 Å². The lowest BCUT2D eigenvalue weighted by molar-refractivity contribution is -0.143. The fourth-order valence-electron chi connectivity index (χ4n) is 1.98. The molecule has 5 nitrogen and oxygen atoms in total. The number of hydrogen-bond acceptors (Lipinski definition) is 4. The van der Waals surface area contributed by atoms with Crippen molar-refractivity contribution in [2.24, 2.45) is 0 Å². The summed E-state index contributed by atoms with van der Waals surface area (Å²) in [7, 11) is -3.62. The molecule has 6 heteroatoms. The minimum atomic E-state index is -3.62. The summed E-state index contributed by atoms with van der Waals surface area (Å²) >= 11 is 0. The molecule has 0 aliphatic rings. The number of hydrogen-bond donors (Lipinski definition) is 1. The van der Waals surface area contributed by atoms with E-state index in [0.717, 1.165) is 12.0 Å². The van der Waals surface area contributed by atoms with Crippen LogP contribution in [0.5, 0.6) is 0 Å². The highest BCUT2D eigenvalue weighted by atomic mass is 32.2. The third-order valence-electron chi connectivity index (χ3n) is 3.01. The van der Waals surface area contributed by atoms with Crippen molar-refractivity contribution in [3.63, 3.8) is 0 Å². The summed E-state index contributed by atoms with van der Waals surface area (Å²) in [5, 5.41) is 0. The van der Waals surface area contributed by atoms with Gasteiger partial charge in [-0.15, -0.1) is 0 Å². The summed E-state index contributed by atoms with van der Waals surface area (Å²) in [6.07, 6.45) is 1.41. The molecule has 0 radical (unpaired) electrons. The number of ether oxygens (including phenoxy) is 1. The van der Waals surface area contributed by atoms with Gasteiger partial charge in [0.05, 0.1) is 17.9 Å². The number of sulfonamides is 1. The minimum Gasteiger partial charge on any atom is -0.466 e. The van der Waals surface area contributed by atoms with Crippen molar-refractivity contribution < 1.29 is 17.9 Å². The first-order chi connectivity index (χ1) is 9.89. The lowest BCUT2D eigenvalue weighted by Gasteiger charge is -2.17. The Morgan fingerprint density at radius 3 is 2.38 bits per heavy atom. The Labute approximate surface area is 126 Å². The van der Waals surface area contributed by atoms with E-state index in [-0.39, 0.29) is 17.3 Å². The Hall–Kier alpha value is -1.40. The molecule has 1 aromatic rings. The average molecular weight is 313 g/mol. The summed E-state index contributed by atoms with van der Waals surface area (Å²) in [6.45, 7) is 5.86. The van der Waals surface area contributed by atoms with Gasteiger partial charge in [-0.2, -0.15) is 0 Å². The van der Waals surface area contributed by atoms with Crippen molar-refractivity contribution in [1.29, 1.82) is 0 Å². The van der Waals surface area contributed by atoms with E-state index < -0.39 is 16.1 Å². The second-order valence-electron chi connectivity index (χ2n) is 4.93. The van der Waals surface area contributed by atoms with Crippen LogP contribution >= 0.6 is 0 Å². The Morgan fingerprint density at radius 2 is 1.86 bits per heavy atom.